The van der Waals surface area contributed by atoms with Gasteiger partial charge in [0.15, 0.2) is 0 Å². The van der Waals surface area contributed by atoms with Crippen LogP contribution in [0.15, 0.2) is 60.7 Å². The minimum Gasteiger partial charge on any atom is -0.328 e. The summed E-state index contributed by atoms with van der Waals surface area (Å²) in [5.41, 5.74) is 8.80. The van der Waals surface area contributed by atoms with Crippen LogP contribution in [0.5, 0.6) is 0 Å². The quantitative estimate of drug-likeness (QED) is 0.874. The van der Waals surface area contributed by atoms with Gasteiger partial charge in [-0.2, -0.15) is 0 Å². The van der Waals surface area contributed by atoms with Crippen LogP contribution in [0.25, 0.3) is 0 Å². The van der Waals surface area contributed by atoms with Gasteiger partial charge in [-0.25, -0.2) is 0 Å². The Hall–Kier alpha value is -1.64. The average Bonchev–Trinajstić information content (AvgIpc) is 2.59. The van der Waals surface area contributed by atoms with Gasteiger partial charge in [0.05, 0.1) is 0 Å². The maximum atomic E-state index is 6.04. The fourth-order valence-electron chi connectivity index (χ4n) is 3.84. The molecule has 0 bridgehead atoms. The van der Waals surface area contributed by atoms with E-state index < -0.39 is 0 Å². The van der Waals surface area contributed by atoms with Crippen LogP contribution >= 0.6 is 0 Å². The lowest BCUT2D eigenvalue weighted by Gasteiger charge is -2.33. The molecule has 0 aromatic heterocycles. The zero-order valence-electron chi connectivity index (χ0n) is 14.0. The molecule has 2 nitrogen and oxygen atoms in total. The third-order valence-corrected chi connectivity index (χ3v) is 5.09. The molecule has 1 fully saturated rings. The highest BCUT2D eigenvalue weighted by molar-refractivity contribution is 5.34. The molecule has 1 aliphatic rings. The Morgan fingerprint density at radius 3 is 1.78 bits per heavy atom. The average molecular weight is 308 g/mol. The standard InChI is InChI=1S/C21H28N2/c1-16(23-20-14-12-19(22)13-15-20)21(17-8-4-2-5-9-17)18-10-6-3-7-11-18/h2-11,16,19-21,23H,12-15,22H2,1H3. The molecular weight excluding hydrogens is 280 g/mol. The molecule has 1 aliphatic carbocycles. The summed E-state index contributed by atoms with van der Waals surface area (Å²) in [6, 6.07) is 23.1. The van der Waals surface area contributed by atoms with E-state index in [0.29, 0.717) is 24.0 Å². The van der Waals surface area contributed by atoms with Gasteiger partial charge in [0.2, 0.25) is 0 Å². The molecule has 1 atom stereocenters. The molecular formula is C21H28N2. The molecule has 1 unspecified atom stereocenters. The summed E-state index contributed by atoms with van der Waals surface area (Å²) in [4.78, 5) is 0. The van der Waals surface area contributed by atoms with Crippen molar-refractivity contribution >= 4 is 0 Å². The zero-order chi connectivity index (χ0) is 16.1. The Morgan fingerprint density at radius 2 is 1.30 bits per heavy atom. The Morgan fingerprint density at radius 1 is 0.826 bits per heavy atom. The summed E-state index contributed by atoms with van der Waals surface area (Å²) in [5.74, 6) is 0.382. The fourth-order valence-corrected chi connectivity index (χ4v) is 3.84. The van der Waals surface area contributed by atoms with Gasteiger partial charge in [0.1, 0.15) is 0 Å². The van der Waals surface area contributed by atoms with Crippen molar-refractivity contribution in [1.82, 2.24) is 5.32 Å². The molecule has 2 aromatic rings. The number of rotatable bonds is 5. The molecule has 2 heteroatoms. The van der Waals surface area contributed by atoms with Gasteiger partial charge in [-0.3, -0.25) is 0 Å². The highest BCUT2D eigenvalue weighted by Crippen LogP contribution is 2.29. The molecule has 122 valence electrons. The van der Waals surface area contributed by atoms with Crippen LogP contribution in [0.1, 0.15) is 49.7 Å². The lowest BCUT2D eigenvalue weighted by molar-refractivity contribution is 0.311. The minimum atomic E-state index is 0.382. The molecule has 23 heavy (non-hydrogen) atoms. The highest BCUT2D eigenvalue weighted by atomic mass is 15.0. The summed E-state index contributed by atoms with van der Waals surface area (Å²) in [6.07, 6.45) is 4.68. The van der Waals surface area contributed by atoms with Crippen molar-refractivity contribution < 1.29 is 0 Å². The predicted octanol–water partition coefficient (Wildman–Crippen LogP) is 4.07. The number of hydrogen-bond acceptors (Lipinski definition) is 2. The van der Waals surface area contributed by atoms with Crippen molar-refractivity contribution in [2.45, 2.75) is 56.7 Å². The Bertz CT molecular complexity index is 534. The van der Waals surface area contributed by atoms with Crippen LogP contribution < -0.4 is 11.1 Å². The van der Waals surface area contributed by atoms with E-state index >= 15 is 0 Å². The van der Waals surface area contributed by atoms with Crippen LogP contribution in [0.2, 0.25) is 0 Å². The monoisotopic (exact) mass is 308 g/mol. The molecule has 0 amide bonds. The van der Waals surface area contributed by atoms with E-state index in [1.54, 1.807) is 0 Å². The second kappa shape index (κ2) is 7.76. The molecule has 3 N–H and O–H groups in total. The van der Waals surface area contributed by atoms with Crippen LogP contribution in [0.3, 0.4) is 0 Å². The van der Waals surface area contributed by atoms with Crippen molar-refractivity contribution in [2.75, 3.05) is 0 Å². The van der Waals surface area contributed by atoms with E-state index in [2.05, 4.69) is 72.9 Å². The van der Waals surface area contributed by atoms with Crippen LogP contribution in [0, 0.1) is 0 Å². The van der Waals surface area contributed by atoms with Gasteiger partial charge in [-0.05, 0) is 43.7 Å². The number of benzene rings is 2. The first-order chi connectivity index (χ1) is 11.2. The van der Waals surface area contributed by atoms with Crippen LogP contribution in [0.4, 0.5) is 0 Å². The molecule has 0 saturated heterocycles. The van der Waals surface area contributed by atoms with Crippen LogP contribution in [-0.2, 0) is 0 Å². The lowest BCUT2D eigenvalue weighted by atomic mass is 9.84. The molecule has 0 heterocycles. The SMILES string of the molecule is CC(NC1CCC(N)CC1)C(c1ccccc1)c1ccccc1. The highest BCUT2D eigenvalue weighted by Gasteiger charge is 2.25. The smallest absolute Gasteiger partial charge is 0.0240 e. The van der Waals surface area contributed by atoms with Gasteiger partial charge in [0, 0.05) is 24.0 Å². The molecule has 0 radical (unpaired) electrons. The van der Waals surface area contributed by atoms with Crippen molar-refractivity contribution in [2.24, 2.45) is 5.73 Å². The molecule has 0 spiro atoms. The fraction of sp³-hybridized carbons (Fsp3) is 0.429. The van der Waals surface area contributed by atoms with Gasteiger partial charge in [0.25, 0.3) is 0 Å². The van der Waals surface area contributed by atoms with E-state index in [1.165, 1.54) is 24.0 Å². The number of nitrogens with two attached hydrogens (primary N) is 1. The Labute approximate surface area is 140 Å². The van der Waals surface area contributed by atoms with E-state index in [9.17, 15) is 0 Å². The van der Waals surface area contributed by atoms with Gasteiger partial charge in [-0.1, -0.05) is 60.7 Å². The zero-order valence-corrected chi connectivity index (χ0v) is 14.0. The third kappa shape index (κ3) is 4.21. The summed E-state index contributed by atoms with van der Waals surface area (Å²) < 4.78 is 0. The minimum absolute atomic E-state index is 0.382. The molecule has 0 aliphatic heterocycles. The van der Waals surface area contributed by atoms with Gasteiger partial charge >= 0.3 is 0 Å². The van der Waals surface area contributed by atoms with Gasteiger partial charge < -0.3 is 11.1 Å². The first kappa shape index (κ1) is 16.2. The lowest BCUT2D eigenvalue weighted by Crippen LogP contribution is -2.44. The maximum absolute atomic E-state index is 6.04. The summed E-state index contributed by atoms with van der Waals surface area (Å²) in [6.45, 7) is 2.32. The summed E-state index contributed by atoms with van der Waals surface area (Å²) in [7, 11) is 0. The van der Waals surface area contributed by atoms with E-state index in [-0.39, 0.29) is 0 Å². The second-order valence-electron chi connectivity index (χ2n) is 6.87. The molecule has 1 saturated carbocycles. The first-order valence-corrected chi connectivity index (χ1v) is 8.85. The molecule has 3 rings (SSSR count). The van der Waals surface area contributed by atoms with Crippen molar-refractivity contribution in [3.8, 4) is 0 Å². The van der Waals surface area contributed by atoms with Crippen molar-refractivity contribution in [3.05, 3.63) is 71.8 Å². The second-order valence-corrected chi connectivity index (χ2v) is 6.87. The number of nitrogens with one attached hydrogen (secondary N) is 1. The summed E-state index contributed by atoms with van der Waals surface area (Å²) >= 11 is 0. The normalized spacial score (nSPS) is 22.9. The number of hydrogen-bond donors (Lipinski definition) is 2. The van der Waals surface area contributed by atoms with Crippen LogP contribution in [-0.4, -0.2) is 18.1 Å². The van der Waals surface area contributed by atoms with Crippen molar-refractivity contribution in [3.63, 3.8) is 0 Å². The first-order valence-electron chi connectivity index (χ1n) is 8.85. The van der Waals surface area contributed by atoms with Crippen molar-refractivity contribution in [1.29, 1.82) is 0 Å². The third-order valence-electron chi connectivity index (χ3n) is 5.09. The van der Waals surface area contributed by atoms with Gasteiger partial charge in [-0.15, -0.1) is 0 Å². The Balaban J connectivity index is 1.78. The van der Waals surface area contributed by atoms with E-state index in [0.717, 1.165) is 12.8 Å². The Kier molecular flexibility index (Phi) is 5.47. The van der Waals surface area contributed by atoms with E-state index in [4.69, 9.17) is 5.73 Å². The van der Waals surface area contributed by atoms with E-state index in [1.807, 2.05) is 0 Å². The predicted molar refractivity (Wildman–Crippen MR) is 97.6 cm³/mol. The maximum Gasteiger partial charge on any atom is 0.0240 e. The summed E-state index contributed by atoms with van der Waals surface area (Å²) in [5, 5.41) is 3.88. The largest absolute Gasteiger partial charge is 0.328 e. The topological polar surface area (TPSA) is 38.0 Å². The molecule has 2 aromatic carbocycles.